The molecule has 1 unspecified atom stereocenters. The van der Waals surface area contributed by atoms with Gasteiger partial charge in [0, 0.05) is 23.0 Å². The molecule has 24 heavy (non-hydrogen) atoms. The summed E-state index contributed by atoms with van der Waals surface area (Å²) in [7, 11) is 0. The maximum atomic E-state index is 12.4. The summed E-state index contributed by atoms with van der Waals surface area (Å²) < 4.78 is 10.1. The number of carbonyl (C=O) groups is 3. The van der Waals surface area contributed by atoms with E-state index in [4.69, 9.17) is 9.47 Å². The molecule has 0 aliphatic heterocycles. The van der Waals surface area contributed by atoms with Gasteiger partial charge < -0.3 is 9.47 Å². The number of hydrogen-bond acceptors (Lipinski definition) is 6. The van der Waals surface area contributed by atoms with Crippen LogP contribution in [0.3, 0.4) is 0 Å². The van der Waals surface area contributed by atoms with Crippen molar-refractivity contribution in [2.45, 2.75) is 31.6 Å². The largest absolute Gasteiger partial charge is 0.465 e. The van der Waals surface area contributed by atoms with E-state index in [0.717, 1.165) is 4.90 Å². The second-order valence-corrected chi connectivity index (χ2v) is 6.78. The molecule has 6 heteroatoms. The molecule has 0 bridgehead atoms. The lowest BCUT2D eigenvalue weighted by molar-refractivity contribution is -0.172. The third-order valence-electron chi connectivity index (χ3n) is 4.05. The first-order valence-electron chi connectivity index (χ1n) is 8.08. The first-order chi connectivity index (χ1) is 11.5. The van der Waals surface area contributed by atoms with E-state index >= 15 is 0 Å². The number of thioether (sulfide) groups is 1. The van der Waals surface area contributed by atoms with Gasteiger partial charge in [0.15, 0.2) is 5.41 Å². The Morgan fingerprint density at radius 1 is 1.12 bits per heavy atom. The van der Waals surface area contributed by atoms with E-state index in [9.17, 15) is 14.4 Å². The normalized spacial score (nSPS) is 19.1. The van der Waals surface area contributed by atoms with Crippen molar-refractivity contribution in [1.82, 2.24) is 0 Å². The summed E-state index contributed by atoms with van der Waals surface area (Å²) in [6.45, 7) is 3.68. The van der Waals surface area contributed by atoms with Crippen molar-refractivity contribution in [2.24, 2.45) is 11.3 Å². The van der Waals surface area contributed by atoms with Crippen molar-refractivity contribution in [3.05, 3.63) is 30.3 Å². The van der Waals surface area contributed by atoms with Gasteiger partial charge in [0.05, 0.1) is 13.2 Å². The van der Waals surface area contributed by atoms with Crippen LogP contribution in [0.25, 0.3) is 0 Å². The molecule has 1 aliphatic rings. The molecule has 2 rings (SSSR count). The van der Waals surface area contributed by atoms with Gasteiger partial charge in [-0.05, 0) is 32.4 Å². The van der Waals surface area contributed by atoms with Crippen LogP contribution in [0.1, 0.15) is 26.7 Å². The van der Waals surface area contributed by atoms with Crippen molar-refractivity contribution in [2.75, 3.05) is 19.0 Å². The average molecular weight is 350 g/mol. The third kappa shape index (κ3) is 3.98. The SMILES string of the molecule is CCOC(=O)C1(C(=O)OCC)CC(=O)C(CSc2ccccc2)C1. The summed E-state index contributed by atoms with van der Waals surface area (Å²) in [5.41, 5.74) is -1.48. The number of rotatable bonds is 7. The Bertz CT molecular complexity index is 581. The number of Topliss-reactive ketones (excluding diaryl/α,β-unsaturated/α-hetero) is 1. The fourth-order valence-electron chi connectivity index (χ4n) is 2.85. The quantitative estimate of drug-likeness (QED) is 0.428. The minimum atomic E-state index is -1.48. The molecular weight excluding hydrogens is 328 g/mol. The maximum Gasteiger partial charge on any atom is 0.323 e. The first-order valence-corrected chi connectivity index (χ1v) is 9.07. The van der Waals surface area contributed by atoms with Crippen molar-refractivity contribution < 1.29 is 23.9 Å². The number of carbonyl (C=O) groups excluding carboxylic acids is 3. The lowest BCUT2D eigenvalue weighted by atomic mass is 9.85. The van der Waals surface area contributed by atoms with E-state index in [2.05, 4.69) is 0 Å². The topological polar surface area (TPSA) is 69.7 Å². The molecule has 0 radical (unpaired) electrons. The minimum Gasteiger partial charge on any atom is -0.465 e. The van der Waals surface area contributed by atoms with Gasteiger partial charge in [-0.25, -0.2) is 0 Å². The van der Waals surface area contributed by atoms with Crippen LogP contribution in [-0.2, 0) is 23.9 Å². The number of benzene rings is 1. The zero-order valence-electron chi connectivity index (χ0n) is 13.9. The van der Waals surface area contributed by atoms with Gasteiger partial charge in [-0.2, -0.15) is 0 Å². The van der Waals surface area contributed by atoms with Crippen LogP contribution in [0.2, 0.25) is 0 Å². The number of esters is 2. The second-order valence-electron chi connectivity index (χ2n) is 5.69. The fraction of sp³-hybridized carbons (Fsp3) is 0.500. The minimum absolute atomic E-state index is 0.0838. The van der Waals surface area contributed by atoms with Crippen LogP contribution in [-0.4, -0.2) is 36.7 Å². The Balaban J connectivity index is 2.12. The highest BCUT2D eigenvalue weighted by atomic mass is 32.2. The van der Waals surface area contributed by atoms with Crippen LogP contribution in [0, 0.1) is 11.3 Å². The highest BCUT2D eigenvalue weighted by Gasteiger charge is 2.57. The Labute approximate surface area is 146 Å². The predicted molar refractivity (Wildman–Crippen MR) is 90.6 cm³/mol. The van der Waals surface area contributed by atoms with E-state index in [0.29, 0.717) is 5.75 Å². The molecule has 1 fully saturated rings. The van der Waals surface area contributed by atoms with Crippen molar-refractivity contribution in [1.29, 1.82) is 0 Å². The molecular formula is C18H22O5S. The van der Waals surface area contributed by atoms with E-state index in [-0.39, 0.29) is 37.8 Å². The molecule has 1 aromatic rings. The molecule has 1 atom stereocenters. The van der Waals surface area contributed by atoms with Crippen molar-refractivity contribution >= 4 is 29.5 Å². The number of ketones is 1. The number of hydrogen-bond donors (Lipinski definition) is 0. The summed E-state index contributed by atoms with van der Waals surface area (Å²) in [6, 6.07) is 9.72. The Morgan fingerprint density at radius 3 is 2.25 bits per heavy atom. The highest BCUT2D eigenvalue weighted by molar-refractivity contribution is 7.99. The van der Waals surface area contributed by atoms with Gasteiger partial charge in [0.25, 0.3) is 0 Å². The van der Waals surface area contributed by atoms with Crippen LogP contribution in [0.5, 0.6) is 0 Å². The molecule has 130 valence electrons. The molecule has 0 saturated heterocycles. The summed E-state index contributed by atoms with van der Waals surface area (Å²) in [5.74, 6) is -1.21. The Morgan fingerprint density at radius 2 is 1.71 bits per heavy atom. The summed E-state index contributed by atoms with van der Waals surface area (Å²) >= 11 is 1.55. The predicted octanol–water partition coefficient (Wildman–Crippen LogP) is 2.87. The van der Waals surface area contributed by atoms with Crippen molar-refractivity contribution in [3.8, 4) is 0 Å². The zero-order valence-corrected chi connectivity index (χ0v) is 14.8. The van der Waals surface area contributed by atoms with E-state index in [1.807, 2.05) is 30.3 Å². The Hall–Kier alpha value is -1.82. The highest BCUT2D eigenvalue weighted by Crippen LogP contribution is 2.43. The van der Waals surface area contributed by atoms with E-state index in [1.165, 1.54) is 0 Å². The lowest BCUT2D eigenvalue weighted by Crippen LogP contribution is -2.40. The molecule has 0 N–H and O–H groups in total. The molecule has 1 aromatic carbocycles. The van der Waals surface area contributed by atoms with Crippen LogP contribution >= 0.6 is 11.8 Å². The molecule has 1 aliphatic carbocycles. The lowest BCUT2D eigenvalue weighted by Gasteiger charge is -2.23. The monoisotopic (exact) mass is 350 g/mol. The zero-order chi connectivity index (χ0) is 17.6. The summed E-state index contributed by atoms with van der Waals surface area (Å²) in [6.07, 6.45) is 0.0218. The second kappa shape index (κ2) is 8.33. The van der Waals surface area contributed by atoms with Gasteiger partial charge >= 0.3 is 11.9 Å². The average Bonchev–Trinajstić information content (AvgIpc) is 2.92. The van der Waals surface area contributed by atoms with Gasteiger partial charge in [0.1, 0.15) is 5.78 Å². The summed E-state index contributed by atoms with van der Waals surface area (Å²) in [4.78, 5) is 38.2. The molecule has 1 saturated carbocycles. The summed E-state index contributed by atoms with van der Waals surface area (Å²) in [5, 5.41) is 0. The smallest absolute Gasteiger partial charge is 0.323 e. The maximum absolute atomic E-state index is 12.4. The van der Waals surface area contributed by atoms with Crippen molar-refractivity contribution in [3.63, 3.8) is 0 Å². The molecule has 0 heterocycles. The van der Waals surface area contributed by atoms with Gasteiger partial charge in [0.2, 0.25) is 0 Å². The van der Waals surface area contributed by atoms with Gasteiger partial charge in [-0.15, -0.1) is 11.8 Å². The fourth-order valence-corrected chi connectivity index (χ4v) is 3.89. The van der Waals surface area contributed by atoms with Crippen LogP contribution < -0.4 is 0 Å². The molecule has 0 amide bonds. The van der Waals surface area contributed by atoms with Gasteiger partial charge in [-0.3, -0.25) is 14.4 Å². The molecule has 5 nitrogen and oxygen atoms in total. The van der Waals surface area contributed by atoms with Crippen LogP contribution in [0.15, 0.2) is 35.2 Å². The standard InChI is InChI=1S/C18H22O5S/c1-3-22-16(20)18(17(21)23-4-2)10-13(15(19)11-18)12-24-14-8-6-5-7-9-14/h5-9,13H,3-4,10-12H2,1-2H3. The number of ether oxygens (including phenoxy) is 2. The molecule has 0 spiro atoms. The first kappa shape index (κ1) is 18.5. The Kier molecular flexibility index (Phi) is 6.43. The van der Waals surface area contributed by atoms with Crippen LogP contribution in [0.4, 0.5) is 0 Å². The van der Waals surface area contributed by atoms with E-state index in [1.54, 1.807) is 25.6 Å². The third-order valence-corrected chi connectivity index (χ3v) is 5.23. The van der Waals surface area contributed by atoms with E-state index < -0.39 is 17.4 Å². The van der Waals surface area contributed by atoms with Gasteiger partial charge in [-0.1, -0.05) is 18.2 Å². The molecule has 0 aromatic heterocycles.